The molecule has 1 fully saturated rings. The zero-order valence-electron chi connectivity index (χ0n) is 18.3. The van der Waals surface area contributed by atoms with E-state index in [1.54, 1.807) is 48.5 Å². The highest BCUT2D eigenvalue weighted by Crippen LogP contribution is 2.32. The fourth-order valence-corrected chi connectivity index (χ4v) is 4.34. The van der Waals surface area contributed by atoms with E-state index in [9.17, 15) is 14.7 Å². The molecule has 0 bridgehead atoms. The first-order chi connectivity index (χ1) is 15.4. The molecule has 9 nitrogen and oxygen atoms in total. The quantitative estimate of drug-likeness (QED) is 0.550. The summed E-state index contributed by atoms with van der Waals surface area (Å²) in [4.78, 5) is 30.1. The van der Waals surface area contributed by atoms with Gasteiger partial charge in [0.05, 0.1) is 18.2 Å². The van der Waals surface area contributed by atoms with Gasteiger partial charge >= 0.3 is 0 Å². The number of hydrogen-bond acceptors (Lipinski definition) is 5. The van der Waals surface area contributed by atoms with Gasteiger partial charge in [-0.2, -0.15) is 5.10 Å². The number of aromatic hydroxyl groups is 1. The van der Waals surface area contributed by atoms with Crippen molar-refractivity contribution in [3.05, 3.63) is 48.7 Å². The molecule has 2 heterocycles. The smallest absolute Gasteiger partial charge is 0.270 e. The van der Waals surface area contributed by atoms with Crippen molar-refractivity contribution in [1.29, 1.82) is 0 Å². The molecule has 4 rings (SSSR count). The lowest BCUT2D eigenvalue weighted by Gasteiger charge is -2.30. The van der Waals surface area contributed by atoms with Gasteiger partial charge in [-0.25, -0.2) is 4.98 Å². The number of rotatable bonds is 6. The predicted molar refractivity (Wildman–Crippen MR) is 120 cm³/mol. The van der Waals surface area contributed by atoms with Crippen LogP contribution in [0, 0.1) is 5.92 Å². The summed E-state index contributed by atoms with van der Waals surface area (Å²) < 4.78 is 3.29. The summed E-state index contributed by atoms with van der Waals surface area (Å²) in [5.74, 6) is -0.520. The van der Waals surface area contributed by atoms with Gasteiger partial charge < -0.3 is 20.3 Å². The van der Waals surface area contributed by atoms with Gasteiger partial charge in [-0.3, -0.25) is 14.3 Å². The van der Waals surface area contributed by atoms with Gasteiger partial charge in [-0.1, -0.05) is 19.3 Å². The number of imidazole rings is 1. The molecular weight excluding hydrogens is 408 g/mol. The second-order valence-corrected chi connectivity index (χ2v) is 8.30. The molecule has 3 aromatic rings. The van der Waals surface area contributed by atoms with E-state index in [-0.39, 0.29) is 23.5 Å². The number of nitrogens with one attached hydrogen (secondary N) is 2. The van der Waals surface area contributed by atoms with E-state index >= 15 is 0 Å². The third-order valence-electron chi connectivity index (χ3n) is 6.10. The van der Waals surface area contributed by atoms with Gasteiger partial charge in [-0.15, -0.1) is 0 Å². The summed E-state index contributed by atoms with van der Waals surface area (Å²) in [6, 6.07) is 5.95. The molecule has 0 aliphatic heterocycles. The van der Waals surface area contributed by atoms with Crippen LogP contribution in [0.1, 0.15) is 42.6 Å². The SMILES string of the molecule is Cn1cncc1-c1ccc(NC(=O)C(NC(=O)c2ccnn2C)C2CCCCC2)cc1O. The molecule has 1 saturated carbocycles. The Morgan fingerprint density at radius 1 is 1.16 bits per heavy atom. The molecule has 0 radical (unpaired) electrons. The Morgan fingerprint density at radius 2 is 1.94 bits per heavy atom. The van der Waals surface area contributed by atoms with Crippen LogP contribution in [0.5, 0.6) is 5.75 Å². The number of nitrogens with zero attached hydrogens (tertiary/aromatic N) is 4. The van der Waals surface area contributed by atoms with E-state index in [4.69, 9.17) is 0 Å². The minimum Gasteiger partial charge on any atom is -0.507 e. The molecule has 32 heavy (non-hydrogen) atoms. The number of aromatic nitrogens is 4. The number of aryl methyl sites for hydroxylation is 2. The molecule has 1 aliphatic carbocycles. The number of carbonyl (C=O) groups is 2. The molecule has 168 valence electrons. The summed E-state index contributed by atoms with van der Waals surface area (Å²) in [6.07, 6.45) is 9.86. The van der Waals surface area contributed by atoms with Crippen molar-refractivity contribution in [2.24, 2.45) is 20.0 Å². The fraction of sp³-hybridized carbons (Fsp3) is 0.391. The molecule has 1 aliphatic rings. The number of phenolic OH excluding ortho intramolecular Hbond substituents is 1. The Labute approximate surface area is 186 Å². The monoisotopic (exact) mass is 436 g/mol. The van der Waals surface area contributed by atoms with Crippen LogP contribution in [0.4, 0.5) is 5.69 Å². The zero-order chi connectivity index (χ0) is 22.7. The first-order valence-electron chi connectivity index (χ1n) is 10.8. The van der Waals surface area contributed by atoms with E-state index in [2.05, 4.69) is 20.7 Å². The van der Waals surface area contributed by atoms with Gasteiger partial charge in [0.1, 0.15) is 17.5 Å². The Hall–Kier alpha value is -3.62. The molecule has 2 aromatic heterocycles. The van der Waals surface area contributed by atoms with Gasteiger partial charge in [-0.05, 0) is 37.0 Å². The number of amides is 2. The number of anilines is 1. The number of phenols is 1. The van der Waals surface area contributed by atoms with Crippen LogP contribution in [0.2, 0.25) is 0 Å². The van der Waals surface area contributed by atoms with Crippen LogP contribution in [0.3, 0.4) is 0 Å². The van der Waals surface area contributed by atoms with E-state index in [1.165, 1.54) is 10.7 Å². The molecular formula is C23H28N6O3. The highest BCUT2D eigenvalue weighted by molar-refractivity contribution is 6.01. The van der Waals surface area contributed by atoms with Crippen LogP contribution >= 0.6 is 0 Å². The minimum atomic E-state index is -0.670. The standard InChI is InChI=1S/C23H28N6O3/c1-28-14-24-13-19(28)17-9-8-16(12-20(17)30)26-23(32)21(15-6-4-3-5-7-15)27-22(31)18-10-11-25-29(18)2/h8-15,21,30H,3-7H2,1-2H3,(H,26,32)(H,27,31). The van der Waals surface area contributed by atoms with Crippen molar-refractivity contribution in [3.63, 3.8) is 0 Å². The maximum atomic E-state index is 13.2. The average molecular weight is 437 g/mol. The van der Waals surface area contributed by atoms with E-state index in [0.717, 1.165) is 37.8 Å². The second-order valence-electron chi connectivity index (χ2n) is 8.30. The first kappa shape index (κ1) is 21.6. The van der Waals surface area contributed by atoms with Crippen molar-refractivity contribution in [3.8, 4) is 17.0 Å². The van der Waals surface area contributed by atoms with Gasteiger partial charge in [0, 0.05) is 37.6 Å². The number of carbonyl (C=O) groups excluding carboxylic acids is 2. The maximum absolute atomic E-state index is 13.2. The lowest BCUT2D eigenvalue weighted by Crippen LogP contribution is -2.49. The largest absolute Gasteiger partial charge is 0.507 e. The van der Waals surface area contributed by atoms with E-state index in [1.807, 2.05) is 7.05 Å². The maximum Gasteiger partial charge on any atom is 0.270 e. The van der Waals surface area contributed by atoms with E-state index in [0.29, 0.717) is 16.9 Å². The Balaban J connectivity index is 1.53. The zero-order valence-corrected chi connectivity index (χ0v) is 18.3. The summed E-state index contributed by atoms with van der Waals surface area (Å²) in [5.41, 5.74) is 2.26. The molecule has 2 amide bonds. The van der Waals surface area contributed by atoms with Crippen LogP contribution in [-0.4, -0.2) is 42.3 Å². The summed E-state index contributed by atoms with van der Waals surface area (Å²) >= 11 is 0. The normalized spacial score (nSPS) is 15.3. The van der Waals surface area contributed by atoms with Crippen molar-refractivity contribution < 1.29 is 14.7 Å². The molecule has 9 heteroatoms. The summed E-state index contributed by atoms with van der Waals surface area (Å²) in [5, 5.41) is 20.3. The highest BCUT2D eigenvalue weighted by atomic mass is 16.3. The molecule has 1 unspecified atom stereocenters. The number of benzene rings is 1. The summed E-state index contributed by atoms with van der Waals surface area (Å²) in [7, 11) is 3.54. The van der Waals surface area contributed by atoms with Crippen molar-refractivity contribution in [1.82, 2.24) is 24.6 Å². The van der Waals surface area contributed by atoms with Crippen LogP contribution in [-0.2, 0) is 18.9 Å². The van der Waals surface area contributed by atoms with Crippen molar-refractivity contribution in [2.75, 3.05) is 5.32 Å². The van der Waals surface area contributed by atoms with Gasteiger partial charge in [0.25, 0.3) is 5.91 Å². The van der Waals surface area contributed by atoms with Gasteiger partial charge in [0.15, 0.2) is 0 Å². The molecule has 0 saturated heterocycles. The van der Waals surface area contributed by atoms with Crippen LogP contribution < -0.4 is 10.6 Å². The molecule has 1 aromatic carbocycles. The van der Waals surface area contributed by atoms with Crippen molar-refractivity contribution >= 4 is 17.5 Å². The lowest BCUT2D eigenvalue weighted by atomic mass is 9.83. The Bertz CT molecular complexity index is 1110. The fourth-order valence-electron chi connectivity index (χ4n) is 4.34. The summed E-state index contributed by atoms with van der Waals surface area (Å²) in [6.45, 7) is 0. The third-order valence-corrected chi connectivity index (χ3v) is 6.10. The average Bonchev–Trinajstić information content (AvgIpc) is 3.40. The van der Waals surface area contributed by atoms with E-state index < -0.39 is 6.04 Å². The van der Waals surface area contributed by atoms with Gasteiger partial charge in [0.2, 0.25) is 5.91 Å². The lowest BCUT2D eigenvalue weighted by molar-refractivity contribution is -0.119. The number of hydrogen-bond donors (Lipinski definition) is 3. The van der Waals surface area contributed by atoms with Crippen molar-refractivity contribution in [2.45, 2.75) is 38.1 Å². The second kappa shape index (κ2) is 9.25. The Kier molecular flexibility index (Phi) is 6.25. The minimum absolute atomic E-state index is 0.0412. The predicted octanol–water partition coefficient (Wildman–Crippen LogP) is 2.84. The molecule has 3 N–H and O–H groups in total. The van der Waals surface area contributed by atoms with Crippen LogP contribution in [0.25, 0.3) is 11.3 Å². The first-order valence-corrected chi connectivity index (χ1v) is 10.8. The molecule has 1 atom stereocenters. The topological polar surface area (TPSA) is 114 Å². The van der Waals surface area contributed by atoms with Crippen LogP contribution in [0.15, 0.2) is 43.0 Å². The highest BCUT2D eigenvalue weighted by Gasteiger charge is 2.32. The Morgan fingerprint density at radius 3 is 2.56 bits per heavy atom. The molecule has 0 spiro atoms. The third kappa shape index (κ3) is 4.51.